The molecule has 1 fully saturated rings. The van der Waals surface area contributed by atoms with Gasteiger partial charge in [0.15, 0.2) is 0 Å². The maximum absolute atomic E-state index is 12.0. The van der Waals surface area contributed by atoms with E-state index in [1.807, 2.05) is 6.08 Å². The number of rotatable bonds is 3. The lowest BCUT2D eigenvalue weighted by atomic mass is 10.2. The van der Waals surface area contributed by atoms with Crippen molar-refractivity contribution < 1.29 is 9.42 Å². The third-order valence-corrected chi connectivity index (χ3v) is 2.76. The van der Waals surface area contributed by atoms with Crippen LogP contribution in [0.4, 0.5) is 5.82 Å². The van der Waals surface area contributed by atoms with Crippen LogP contribution in [0.5, 0.6) is 0 Å². The molecule has 0 unspecified atom stereocenters. The van der Waals surface area contributed by atoms with Crippen molar-refractivity contribution >= 4 is 11.7 Å². The van der Waals surface area contributed by atoms with Gasteiger partial charge in [-0.2, -0.15) is 0 Å². The SMILES string of the molecule is C=CCN1CCN(C(=O)c2nonc2N)CC1. The van der Waals surface area contributed by atoms with Crippen LogP contribution in [0.15, 0.2) is 17.3 Å². The van der Waals surface area contributed by atoms with Crippen molar-refractivity contribution in [1.29, 1.82) is 0 Å². The minimum Gasteiger partial charge on any atom is -0.379 e. The highest BCUT2D eigenvalue weighted by Crippen LogP contribution is 2.11. The largest absolute Gasteiger partial charge is 0.379 e. The fraction of sp³-hybridized carbons (Fsp3) is 0.500. The van der Waals surface area contributed by atoms with Gasteiger partial charge in [0.25, 0.3) is 5.91 Å². The van der Waals surface area contributed by atoms with E-state index in [4.69, 9.17) is 5.73 Å². The summed E-state index contributed by atoms with van der Waals surface area (Å²) in [6.45, 7) is 7.48. The Kier molecular flexibility index (Phi) is 3.38. The van der Waals surface area contributed by atoms with Gasteiger partial charge in [-0.3, -0.25) is 9.69 Å². The lowest BCUT2D eigenvalue weighted by Gasteiger charge is -2.33. The summed E-state index contributed by atoms with van der Waals surface area (Å²) in [6, 6.07) is 0. The second kappa shape index (κ2) is 4.96. The summed E-state index contributed by atoms with van der Waals surface area (Å²) < 4.78 is 4.42. The number of hydrogen-bond donors (Lipinski definition) is 1. The summed E-state index contributed by atoms with van der Waals surface area (Å²) in [4.78, 5) is 15.9. The Bertz CT molecular complexity index is 409. The number of nitrogens with two attached hydrogens (primary N) is 1. The number of carbonyl (C=O) groups excluding carboxylic acids is 1. The summed E-state index contributed by atoms with van der Waals surface area (Å²) in [5, 5.41) is 6.91. The average Bonchev–Trinajstić information content (AvgIpc) is 2.76. The minimum atomic E-state index is -0.220. The highest BCUT2D eigenvalue weighted by Gasteiger charge is 2.25. The van der Waals surface area contributed by atoms with Gasteiger partial charge in [-0.1, -0.05) is 6.08 Å². The highest BCUT2D eigenvalue weighted by atomic mass is 16.6. The summed E-state index contributed by atoms with van der Waals surface area (Å²) in [5.74, 6) is -0.175. The Morgan fingerprint density at radius 2 is 2.12 bits per heavy atom. The van der Waals surface area contributed by atoms with Crippen LogP contribution in [0.2, 0.25) is 0 Å². The second-order valence-corrected chi connectivity index (χ2v) is 3.88. The number of piperazine rings is 1. The Labute approximate surface area is 98.8 Å². The van der Waals surface area contributed by atoms with Gasteiger partial charge < -0.3 is 10.6 Å². The number of carbonyl (C=O) groups is 1. The van der Waals surface area contributed by atoms with Crippen LogP contribution >= 0.6 is 0 Å². The standard InChI is InChI=1S/C10H15N5O2/c1-2-3-14-4-6-15(7-5-14)10(16)8-9(11)13-17-12-8/h2H,1,3-7H2,(H2,11,13). The first-order chi connectivity index (χ1) is 8.22. The molecule has 0 saturated carbocycles. The van der Waals surface area contributed by atoms with Gasteiger partial charge in [0.1, 0.15) is 0 Å². The molecule has 0 radical (unpaired) electrons. The number of anilines is 1. The third-order valence-electron chi connectivity index (χ3n) is 2.76. The highest BCUT2D eigenvalue weighted by molar-refractivity contribution is 5.96. The first-order valence-electron chi connectivity index (χ1n) is 5.43. The van der Waals surface area contributed by atoms with Crippen LogP contribution in [0, 0.1) is 0 Å². The van der Waals surface area contributed by atoms with Crippen LogP contribution < -0.4 is 5.73 Å². The van der Waals surface area contributed by atoms with Crippen molar-refractivity contribution in [2.75, 3.05) is 38.5 Å². The van der Waals surface area contributed by atoms with Gasteiger partial charge in [0.2, 0.25) is 11.5 Å². The summed E-state index contributed by atoms with van der Waals surface area (Å²) in [6.07, 6.45) is 1.86. The maximum Gasteiger partial charge on any atom is 0.280 e. The number of aromatic nitrogens is 2. The van der Waals surface area contributed by atoms with E-state index >= 15 is 0 Å². The van der Waals surface area contributed by atoms with E-state index in [0.29, 0.717) is 13.1 Å². The van der Waals surface area contributed by atoms with Gasteiger partial charge in [-0.05, 0) is 10.3 Å². The average molecular weight is 237 g/mol. The molecular weight excluding hydrogens is 222 g/mol. The van der Waals surface area contributed by atoms with Crippen molar-refractivity contribution in [2.24, 2.45) is 0 Å². The van der Waals surface area contributed by atoms with Gasteiger partial charge in [-0.25, -0.2) is 4.63 Å². The molecule has 1 aliphatic rings. The van der Waals surface area contributed by atoms with Crippen molar-refractivity contribution in [3.63, 3.8) is 0 Å². The van der Waals surface area contributed by atoms with E-state index in [9.17, 15) is 4.79 Å². The number of amides is 1. The van der Waals surface area contributed by atoms with Gasteiger partial charge in [0.05, 0.1) is 0 Å². The predicted octanol–water partition coefficient (Wildman–Crippen LogP) is -0.404. The number of nitrogen functional groups attached to an aromatic ring is 1. The van der Waals surface area contributed by atoms with Crippen LogP contribution in [-0.2, 0) is 0 Å². The maximum atomic E-state index is 12.0. The Hall–Kier alpha value is -1.89. The molecule has 2 N–H and O–H groups in total. The zero-order valence-corrected chi connectivity index (χ0v) is 9.50. The van der Waals surface area contributed by atoms with E-state index in [0.717, 1.165) is 19.6 Å². The predicted molar refractivity (Wildman–Crippen MR) is 61.3 cm³/mol. The van der Waals surface area contributed by atoms with E-state index in [1.54, 1.807) is 4.90 Å². The van der Waals surface area contributed by atoms with Crippen molar-refractivity contribution in [2.45, 2.75) is 0 Å². The lowest BCUT2D eigenvalue weighted by molar-refractivity contribution is 0.0640. The smallest absolute Gasteiger partial charge is 0.280 e. The first kappa shape index (κ1) is 11.6. The second-order valence-electron chi connectivity index (χ2n) is 3.88. The molecule has 0 spiro atoms. The van der Waals surface area contributed by atoms with E-state index < -0.39 is 0 Å². The molecule has 1 saturated heterocycles. The quantitative estimate of drug-likeness (QED) is 0.719. The molecule has 2 heterocycles. The fourth-order valence-electron chi connectivity index (χ4n) is 1.81. The molecule has 7 nitrogen and oxygen atoms in total. The molecule has 1 aromatic heterocycles. The molecule has 0 atom stereocenters. The Morgan fingerprint density at radius 3 is 2.65 bits per heavy atom. The van der Waals surface area contributed by atoms with Gasteiger partial charge in [-0.15, -0.1) is 6.58 Å². The van der Waals surface area contributed by atoms with Crippen molar-refractivity contribution in [3.8, 4) is 0 Å². The first-order valence-corrected chi connectivity index (χ1v) is 5.43. The number of hydrogen-bond acceptors (Lipinski definition) is 6. The molecule has 0 aliphatic carbocycles. The van der Waals surface area contributed by atoms with E-state index in [2.05, 4.69) is 26.4 Å². The summed E-state index contributed by atoms with van der Waals surface area (Å²) in [5.41, 5.74) is 5.58. The lowest BCUT2D eigenvalue weighted by Crippen LogP contribution is -2.48. The molecule has 1 amide bonds. The zero-order chi connectivity index (χ0) is 12.3. The molecular formula is C10H15N5O2. The summed E-state index contributed by atoms with van der Waals surface area (Å²) >= 11 is 0. The van der Waals surface area contributed by atoms with Crippen LogP contribution in [0.25, 0.3) is 0 Å². The molecule has 1 aromatic rings. The Morgan fingerprint density at radius 1 is 1.41 bits per heavy atom. The van der Waals surface area contributed by atoms with Gasteiger partial charge in [0, 0.05) is 32.7 Å². The minimum absolute atomic E-state index is 0.0449. The monoisotopic (exact) mass is 237 g/mol. The van der Waals surface area contributed by atoms with Crippen LogP contribution in [0.1, 0.15) is 10.5 Å². The molecule has 2 rings (SSSR count). The van der Waals surface area contributed by atoms with E-state index in [1.165, 1.54) is 0 Å². The topological polar surface area (TPSA) is 88.5 Å². The number of nitrogens with zero attached hydrogens (tertiary/aromatic N) is 4. The normalized spacial score (nSPS) is 17.1. The fourth-order valence-corrected chi connectivity index (χ4v) is 1.81. The van der Waals surface area contributed by atoms with E-state index in [-0.39, 0.29) is 17.4 Å². The van der Waals surface area contributed by atoms with Crippen molar-refractivity contribution in [3.05, 3.63) is 18.3 Å². The molecule has 7 heteroatoms. The molecule has 0 aromatic carbocycles. The van der Waals surface area contributed by atoms with Crippen LogP contribution in [-0.4, -0.2) is 58.7 Å². The zero-order valence-electron chi connectivity index (χ0n) is 9.50. The van der Waals surface area contributed by atoms with Crippen molar-refractivity contribution in [1.82, 2.24) is 20.1 Å². The molecule has 92 valence electrons. The third kappa shape index (κ3) is 2.44. The summed E-state index contributed by atoms with van der Waals surface area (Å²) in [7, 11) is 0. The molecule has 0 bridgehead atoms. The van der Waals surface area contributed by atoms with Crippen LogP contribution in [0.3, 0.4) is 0 Å². The molecule has 1 aliphatic heterocycles. The Balaban J connectivity index is 1.95. The molecule has 17 heavy (non-hydrogen) atoms. The van der Waals surface area contributed by atoms with Gasteiger partial charge >= 0.3 is 0 Å².